The molecular weight excluding hydrogens is 260 g/mol. The predicted molar refractivity (Wildman–Crippen MR) is 83.5 cm³/mol. The number of isothiocyanates is 2. The lowest BCUT2D eigenvalue weighted by Crippen LogP contribution is -1.47. The molecule has 0 spiro atoms. The van der Waals surface area contributed by atoms with E-state index in [4.69, 9.17) is 10.8 Å². The molecule has 0 radical (unpaired) electrons. The minimum atomic E-state index is 1.58. The van der Waals surface area contributed by atoms with Gasteiger partial charge in [0.1, 0.15) is 0 Å². The zero-order valence-electron chi connectivity index (χ0n) is 9.74. The fraction of sp³-hybridized carbons (Fsp3) is 0. The Morgan fingerprint density at radius 3 is 0.556 bits per heavy atom. The molecule has 4 heteroatoms. The van der Waals surface area contributed by atoms with Crippen LogP contribution in [-0.4, -0.2) is 10.3 Å². The molecular formula is C14H14N2S2. The molecule has 2 nitrogen and oxygen atoms in total. The standard InChI is InChI=1S/2C6H6.2CHNS/c2*1-2-4-6-5-3-1;2*2-1-3/h2*1-6H;2*2H. The molecule has 0 aliphatic rings. The van der Waals surface area contributed by atoms with Crippen LogP contribution in [0.3, 0.4) is 0 Å². The third-order valence-electron chi connectivity index (χ3n) is 1.33. The first-order chi connectivity index (χ1) is 8.83. The van der Waals surface area contributed by atoms with Gasteiger partial charge in [-0.3, -0.25) is 0 Å². The molecule has 0 amide bonds. The van der Waals surface area contributed by atoms with Crippen LogP contribution in [0, 0.1) is 10.8 Å². The number of rotatable bonds is 0. The summed E-state index contributed by atoms with van der Waals surface area (Å²) < 4.78 is 0. The largest absolute Gasteiger partial charge is 0.248 e. The Labute approximate surface area is 118 Å². The first kappa shape index (κ1) is 18.4. The van der Waals surface area contributed by atoms with E-state index in [1.54, 1.807) is 10.3 Å². The van der Waals surface area contributed by atoms with Crippen molar-refractivity contribution >= 4 is 34.8 Å². The van der Waals surface area contributed by atoms with Gasteiger partial charge in [-0.25, -0.2) is 10.8 Å². The summed E-state index contributed by atoms with van der Waals surface area (Å²) in [7, 11) is 0. The summed E-state index contributed by atoms with van der Waals surface area (Å²) in [5.74, 6) is 0. The fourth-order valence-electron chi connectivity index (χ4n) is 0.770. The van der Waals surface area contributed by atoms with E-state index in [-0.39, 0.29) is 0 Å². The molecule has 2 N–H and O–H groups in total. The Morgan fingerprint density at radius 2 is 0.500 bits per heavy atom. The molecule has 2 aromatic carbocycles. The van der Waals surface area contributed by atoms with Gasteiger partial charge in [0, 0.05) is 0 Å². The van der Waals surface area contributed by atoms with Gasteiger partial charge in [0.05, 0.1) is 10.3 Å². The van der Waals surface area contributed by atoms with Gasteiger partial charge < -0.3 is 0 Å². The molecule has 0 saturated carbocycles. The van der Waals surface area contributed by atoms with Gasteiger partial charge in [0.15, 0.2) is 0 Å². The van der Waals surface area contributed by atoms with E-state index in [0.29, 0.717) is 0 Å². The average molecular weight is 274 g/mol. The predicted octanol–water partition coefficient (Wildman–Crippen LogP) is 4.71. The van der Waals surface area contributed by atoms with Crippen molar-refractivity contribution in [1.29, 1.82) is 10.8 Å². The summed E-state index contributed by atoms with van der Waals surface area (Å²) >= 11 is 7.62. The van der Waals surface area contributed by atoms with Crippen molar-refractivity contribution in [2.24, 2.45) is 0 Å². The van der Waals surface area contributed by atoms with Gasteiger partial charge in [-0.2, -0.15) is 0 Å². The van der Waals surface area contributed by atoms with Gasteiger partial charge in [-0.15, -0.1) is 0 Å². The second-order valence-electron chi connectivity index (χ2n) is 2.51. The van der Waals surface area contributed by atoms with Crippen LogP contribution >= 0.6 is 24.4 Å². The van der Waals surface area contributed by atoms with E-state index < -0.39 is 0 Å². The highest BCUT2D eigenvalue weighted by Gasteiger charge is 1.58. The van der Waals surface area contributed by atoms with Crippen LogP contribution in [0.4, 0.5) is 0 Å². The summed E-state index contributed by atoms with van der Waals surface area (Å²) in [6, 6.07) is 24.0. The average Bonchev–Trinajstić information content (AvgIpc) is 2.45. The first-order valence-corrected chi connectivity index (χ1v) is 5.72. The molecule has 0 aliphatic carbocycles. The third-order valence-corrected chi connectivity index (χ3v) is 1.33. The van der Waals surface area contributed by atoms with Crippen molar-refractivity contribution in [2.75, 3.05) is 0 Å². The minimum absolute atomic E-state index is 1.58. The Hall–Kier alpha value is -1.96. The lowest BCUT2D eigenvalue weighted by Gasteiger charge is -1.69. The van der Waals surface area contributed by atoms with Crippen LogP contribution in [0.5, 0.6) is 0 Å². The topological polar surface area (TPSA) is 47.7 Å². The lowest BCUT2D eigenvalue weighted by molar-refractivity contribution is 1.61. The second-order valence-corrected chi connectivity index (χ2v) is 2.92. The Morgan fingerprint density at radius 1 is 0.444 bits per heavy atom. The molecule has 18 heavy (non-hydrogen) atoms. The highest BCUT2D eigenvalue weighted by molar-refractivity contribution is 7.78. The SMILES string of the molecule is N=C=S.N=C=S.c1ccccc1.c1ccccc1. The smallest absolute Gasteiger partial charge is 0.0554 e. The highest BCUT2D eigenvalue weighted by atomic mass is 32.1. The van der Waals surface area contributed by atoms with Crippen molar-refractivity contribution in [2.45, 2.75) is 0 Å². The number of thiocarbonyl (C=S) groups is 2. The summed E-state index contributed by atoms with van der Waals surface area (Å²) in [5.41, 5.74) is 0. The van der Waals surface area contributed by atoms with E-state index in [1.807, 2.05) is 72.8 Å². The van der Waals surface area contributed by atoms with E-state index >= 15 is 0 Å². The summed E-state index contributed by atoms with van der Waals surface area (Å²) in [5, 5.41) is 14.7. The van der Waals surface area contributed by atoms with Crippen molar-refractivity contribution in [1.82, 2.24) is 0 Å². The monoisotopic (exact) mass is 274 g/mol. The van der Waals surface area contributed by atoms with Crippen LogP contribution in [0.1, 0.15) is 0 Å². The van der Waals surface area contributed by atoms with Crippen molar-refractivity contribution < 1.29 is 0 Å². The Bertz CT molecular complexity index is 321. The van der Waals surface area contributed by atoms with Gasteiger partial charge in [0.2, 0.25) is 0 Å². The number of benzene rings is 2. The van der Waals surface area contributed by atoms with Crippen LogP contribution in [0.25, 0.3) is 0 Å². The summed E-state index contributed by atoms with van der Waals surface area (Å²) in [4.78, 5) is 0. The Kier molecular flexibility index (Phi) is 20.9. The minimum Gasteiger partial charge on any atom is -0.248 e. The molecule has 0 aromatic heterocycles. The number of hydrogen-bond acceptors (Lipinski definition) is 4. The molecule has 0 unspecified atom stereocenters. The summed E-state index contributed by atoms with van der Waals surface area (Å²) in [6.07, 6.45) is 0. The van der Waals surface area contributed by atoms with Gasteiger partial charge in [-0.1, -0.05) is 72.8 Å². The maximum atomic E-state index is 5.77. The van der Waals surface area contributed by atoms with E-state index in [2.05, 4.69) is 24.4 Å². The third kappa shape index (κ3) is 23.7. The van der Waals surface area contributed by atoms with E-state index in [1.165, 1.54) is 0 Å². The molecule has 92 valence electrons. The molecule has 0 aliphatic heterocycles. The Balaban J connectivity index is 0. The maximum Gasteiger partial charge on any atom is 0.0554 e. The number of hydrogen-bond donors (Lipinski definition) is 2. The first-order valence-electron chi connectivity index (χ1n) is 4.91. The number of nitrogens with one attached hydrogen (secondary N) is 2. The molecule has 0 bridgehead atoms. The van der Waals surface area contributed by atoms with Gasteiger partial charge in [0.25, 0.3) is 0 Å². The van der Waals surface area contributed by atoms with E-state index in [0.717, 1.165) is 0 Å². The molecule has 0 atom stereocenters. The van der Waals surface area contributed by atoms with Gasteiger partial charge >= 0.3 is 0 Å². The fourth-order valence-corrected chi connectivity index (χ4v) is 0.770. The van der Waals surface area contributed by atoms with E-state index in [9.17, 15) is 0 Å². The van der Waals surface area contributed by atoms with Crippen LogP contribution in [0.15, 0.2) is 72.8 Å². The molecule has 0 fully saturated rings. The highest BCUT2D eigenvalue weighted by Crippen LogP contribution is 1.80. The molecule has 2 aromatic rings. The van der Waals surface area contributed by atoms with Crippen molar-refractivity contribution in [3.8, 4) is 0 Å². The molecule has 0 heterocycles. The normalized spacial score (nSPS) is 6.22. The molecule has 2 rings (SSSR count). The van der Waals surface area contributed by atoms with Crippen LogP contribution < -0.4 is 0 Å². The van der Waals surface area contributed by atoms with Crippen molar-refractivity contribution in [3.63, 3.8) is 0 Å². The van der Waals surface area contributed by atoms with Gasteiger partial charge in [-0.05, 0) is 24.4 Å². The maximum absolute atomic E-state index is 5.77. The van der Waals surface area contributed by atoms with Crippen molar-refractivity contribution in [3.05, 3.63) is 72.8 Å². The lowest BCUT2D eigenvalue weighted by atomic mass is 10.4. The second kappa shape index (κ2) is 20.5. The quantitative estimate of drug-likeness (QED) is 0.540. The summed E-state index contributed by atoms with van der Waals surface area (Å²) in [6.45, 7) is 0. The zero-order chi connectivity index (χ0) is 13.9. The zero-order valence-corrected chi connectivity index (χ0v) is 11.4. The van der Waals surface area contributed by atoms with Crippen LogP contribution in [0.2, 0.25) is 0 Å². The molecule has 0 saturated heterocycles. The van der Waals surface area contributed by atoms with Crippen LogP contribution in [-0.2, 0) is 0 Å².